The minimum absolute atomic E-state index is 0.197. The molecule has 0 saturated carbocycles. The monoisotopic (exact) mass is 330 g/mol. The number of methoxy groups -OCH3 is 1. The van der Waals surface area contributed by atoms with Crippen molar-refractivity contribution >= 4 is 23.5 Å². The quantitative estimate of drug-likeness (QED) is 0.516. The van der Waals surface area contributed by atoms with Crippen LogP contribution in [0.3, 0.4) is 0 Å². The number of nitrogens with one attached hydrogen (secondary N) is 1. The minimum Gasteiger partial charge on any atom is -0.468 e. The SMILES string of the molecule is COC(=NCCCc1ccccc1)NC(=O)c1ccccc1Cl. The first-order valence-electron chi connectivity index (χ1n) is 7.39. The summed E-state index contributed by atoms with van der Waals surface area (Å²) in [5.74, 6) is -0.334. The fourth-order valence-corrected chi connectivity index (χ4v) is 2.29. The van der Waals surface area contributed by atoms with Crippen LogP contribution >= 0.6 is 11.6 Å². The van der Waals surface area contributed by atoms with Gasteiger partial charge in [0.1, 0.15) is 0 Å². The van der Waals surface area contributed by atoms with Gasteiger partial charge in [-0.1, -0.05) is 54.1 Å². The standard InChI is InChI=1S/C18H19ClN2O2/c1-23-18(20-13-7-10-14-8-3-2-4-9-14)21-17(22)15-11-5-6-12-16(15)19/h2-6,8-9,11-12H,7,10,13H2,1H3,(H,20,21,22). The second-order valence-corrected chi connectivity index (χ2v) is 5.32. The van der Waals surface area contributed by atoms with E-state index in [4.69, 9.17) is 16.3 Å². The van der Waals surface area contributed by atoms with Crippen molar-refractivity contribution < 1.29 is 9.53 Å². The Bertz CT molecular complexity index is 672. The van der Waals surface area contributed by atoms with Crippen LogP contribution in [-0.2, 0) is 11.2 Å². The van der Waals surface area contributed by atoms with Crippen molar-refractivity contribution in [2.24, 2.45) is 4.99 Å². The Labute approximate surface area is 141 Å². The van der Waals surface area contributed by atoms with Crippen LogP contribution in [0.4, 0.5) is 0 Å². The van der Waals surface area contributed by atoms with Crippen molar-refractivity contribution in [3.63, 3.8) is 0 Å². The summed E-state index contributed by atoms with van der Waals surface area (Å²) in [6.45, 7) is 0.570. The number of carbonyl (C=O) groups is 1. The van der Waals surface area contributed by atoms with E-state index in [2.05, 4.69) is 22.4 Å². The first-order chi connectivity index (χ1) is 11.2. The predicted molar refractivity (Wildman–Crippen MR) is 93.0 cm³/mol. The summed E-state index contributed by atoms with van der Waals surface area (Å²) in [5, 5.41) is 3.02. The van der Waals surface area contributed by atoms with Gasteiger partial charge in [0.25, 0.3) is 11.9 Å². The number of carbonyl (C=O) groups excluding carboxylic acids is 1. The molecule has 2 aromatic carbocycles. The van der Waals surface area contributed by atoms with Crippen LogP contribution in [0.25, 0.3) is 0 Å². The number of benzene rings is 2. The lowest BCUT2D eigenvalue weighted by molar-refractivity contribution is 0.0968. The van der Waals surface area contributed by atoms with Gasteiger partial charge in [0, 0.05) is 6.54 Å². The van der Waals surface area contributed by atoms with E-state index in [1.807, 2.05) is 18.2 Å². The number of halogens is 1. The van der Waals surface area contributed by atoms with Crippen molar-refractivity contribution in [3.05, 3.63) is 70.7 Å². The Balaban J connectivity index is 1.87. The normalized spacial score (nSPS) is 11.1. The van der Waals surface area contributed by atoms with Gasteiger partial charge >= 0.3 is 0 Å². The van der Waals surface area contributed by atoms with E-state index in [1.54, 1.807) is 24.3 Å². The molecule has 0 aliphatic heterocycles. The van der Waals surface area contributed by atoms with Gasteiger partial charge in [0.2, 0.25) is 0 Å². The smallest absolute Gasteiger partial charge is 0.291 e. The Morgan fingerprint density at radius 3 is 2.52 bits per heavy atom. The molecule has 5 heteroatoms. The van der Waals surface area contributed by atoms with Crippen molar-refractivity contribution in [3.8, 4) is 0 Å². The van der Waals surface area contributed by atoms with E-state index >= 15 is 0 Å². The lowest BCUT2D eigenvalue weighted by Gasteiger charge is -2.08. The molecular weight excluding hydrogens is 312 g/mol. The highest BCUT2D eigenvalue weighted by Crippen LogP contribution is 2.14. The van der Waals surface area contributed by atoms with Crippen molar-refractivity contribution in [1.82, 2.24) is 5.32 Å². The summed E-state index contributed by atoms with van der Waals surface area (Å²) in [6, 6.07) is 17.2. The molecule has 0 aliphatic rings. The molecule has 0 unspecified atom stereocenters. The molecule has 1 N–H and O–H groups in total. The molecule has 0 aliphatic carbocycles. The van der Waals surface area contributed by atoms with Crippen LogP contribution in [0, 0.1) is 0 Å². The first-order valence-corrected chi connectivity index (χ1v) is 7.76. The lowest BCUT2D eigenvalue weighted by atomic mass is 10.1. The molecule has 0 heterocycles. The molecule has 1 amide bonds. The number of ether oxygens (including phenoxy) is 1. The highest BCUT2D eigenvalue weighted by molar-refractivity contribution is 6.34. The van der Waals surface area contributed by atoms with Crippen LogP contribution in [0.5, 0.6) is 0 Å². The van der Waals surface area contributed by atoms with E-state index in [0.29, 0.717) is 17.1 Å². The van der Waals surface area contributed by atoms with Crippen LogP contribution in [0.2, 0.25) is 5.02 Å². The maximum Gasteiger partial charge on any atom is 0.291 e. The third-order valence-corrected chi connectivity index (χ3v) is 3.58. The zero-order valence-corrected chi connectivity index (χ0v) is 13.7. The fourth-order valence-electron chi connectivity index (χ4n) is 2.07. The van der Waals surface area contributed by atoms with E-state index in [9.17, 15) is 4.79 Å². The van der Waals surface area contributed by atoms with Gasteiger partial charge in [-0.25, -0.2) is 4.99 Å². The zero-order valence-electron chi connectivity index (χ0n) is 13.0. The molecule has 0 saturated heterocycles. The molecule has 0 spiro atoms. The Morgan fingerprint density at radius 1 is 1.13 bits per heavy atom. The Morgan fingerprint density at radius 2 is 1.83 bits per heavy atom. The predicted octanol–water partition coefficient (Wildman–Crippen LogP) is 3.71. The molecule has 23 heavy (non-hydrogen) atoms. The second-order valence-electron chi connectivity index (χ2n) is 4.91. The number of aryl methyl sites for hydroxylation is 1. The average Bonchev–Trinajstić information content (AvgIpc) is 2.58. The highest BCUT2D eigenvalue weighted by atomic mass is 35.5. The van der Waals surface area contributed by atoms with E-state index in [1.165, 1.54) is 12.7 Å². The number of hydrogen-bond acceptors (Lipinski definition) is 3. The zero-order chi connectivity index (χ0) is 16.5. The summed E-state index contributed by atoms with van der Waals surface area (Å²) in [5.41, 5.74) is 1.66. The molecule has 2 aromatic rings. The molecule has 120 valence electrons. The van der Waals surface area contributed by atoms with Gasteiger partial charge in [0.15, 0.2) is 0 Å². The van der Waals surface area contributed by atoms with Gasteiger partial charge in [-0.05, 0) is 30.5 Å². The van der Waals surface area contributed by atoms with E-state index in [0.717, 1.165) is 12.8 Å². The number of hydrogen-bond donors (Lipinski definition) is 1. The van der Waals surface area contributed by atoms with E-state index < -0.39 is 0 Å². The summed E-state index contributed by atoms with van der Waals surface area (Å²) < 4.78 is 5.11. The van der Waals surface area contributed by atoms with Crippen molar-refractivity contribution in [2.45, 2.75) is 12.8 Å². The van der Waals surface area contributed by atoms with E-state index in [-0.39, 0.29) is 11.9 Å². The van der Waals surface area contributed by atoms with Gasteiger partial charge in [-0.15, -0.1) is 0 Å². The van der Waals surface area contributed by atoms with Gasteiger partial charge in [0.05, 0.1) is 17.7 Å². The molecule has 4 nitrogen and oxygen atoms in total. The first kappa shape index (κ1) is 17.0. The van der Waals surface area contributed by atoms with Gasteiger partial charge < -0.3 is 4.74 Å². The topological polar surface area (TPSA) is 50.7 Å². The molecule has 0 bridgehead atoms. The summed E-state index contributed by atoms with van der Waals surface area (Å²) in [7, 11) is 1.48. The Hall–Kier alpha value is -2.33. The lowest BCUT2D eigenvalue weighted by Crippen LogP contribution is -2.32. The molecular formula is C18H19ClN2O2. The highest BCUT2D eigenvalue weighted by Gasteiger charge is 2.11. The molecule has 0 radical (unpaired) electrons. The maximum absolute atomic E-state index is 12.1. The third-order valence-electron chi connectivity index (χ3n) is 3.25. The Kier molecular flexibility index (Phi) is 6.63. The second kappa shape index (κ2) is 8.96. The van der Waals surface area contributed by atoms with Crippen LogP contribution in [0.1, 0.15) is 22.3 Å². The minimum atomic E-state index is -0.334. The molecule has 2 rings (SSSR count). The summed E-state index contributed by atoms with van der Waals surface area (Å²) >= 11 is 6.00. The number of nitrogens with zero attached hydrogens (tertiary/aromatic N) is 1. The van der Waals surface area contributed by atoms with Gasteiger partial charge in [-0.2, -0.15) is 0 Å². The van der Waals surface area contributed by atoms with Gasteiger partial charge in [-0.3, -0.25) is 10.1 Å². The number of amidine groups is 1. The number of rotatable bonds is 5. The average molecular weight is 331 g/mol. The molecule has 0 atom stereocenters. The molecule has 0 fully saturated rings. The number of aliphatic imine (C=N–C) groups is 1. The molecule has 0 aromatic heterocycles. The third kappa shape index (κ3) is 5.42. The summed E-state index contributed by atoms with van der Waals surface area (Å²) in [4.78, 5) is 16.4. The number of amides is 1. The van der Waals surface area contributed by atoms with Crippen LogP contribution in [-0.4, -0.2) is 25.6 Å². The van der Waals surface area contributed by atoms with Crippen molar-refractivity contribution in [1.29, 1.82) is 0 Å². The summed E-state index contributed by atoms with van der Waals surface area (Å²) in [6.07, 6.45) is 1.80. The van der Waals surface area contributed by atoms with Crippen molar-refractivity contribution in [2.75, 3.05) is 13.7 Å². The fraction of sp³-hybridized carbons (Fsp3) is 0.222. The van der Waals surface area contributed by atoms with Crippen LogP contribution < -0.4 is 5.32 Å². The maximum atomic E-state index is 12.1. The van der Waals surface area contributed by atoms with Crippen LogP contribution in [0.15, 0.2) is 59.6 Å². The largest absolute Gasteiger partial charge is 0.468 e.